The van der Waals surface area contributed by atoms with Crippen molar-refractivity contribution in [1.29, 1.82) is 0 Å². The van der Waals surface area contributed by atoms with E-state index in [1.807, 2.05) is 30.3 Å². The van der Waals surface area contributed by atoms with Gasteiger partial charge in [-0.25, -0.2) is 9.18 Å². The Bertz CT molecular complexity index is 1920. The minimum atomic E-state index is -3.69. The topological polar surface area (TPSA) is 60.7 Å². The highest BCUT2D eigenvalue weighted by molar-refractivity contribution is 6.03. The van der Waals surface area contributed by atoms with Gasteiger partial charge in [0, 0.05) is 11.3 Å². The number of halogens is 3. The average Bonchev–Trinajstić information content (AvgIpc) is 3.44. The molecule has 5 nitrogen and oxygen atoms in total. The molecule has 0 amide bonds. The number of aliphatic hydroxyl groups excluding tert-OH is 1. The number of rotatable bonds is 10. The van der Waals surface area contributed by atoms with Crippen LogP contribution in [0.3, 0.4) is 0 Å². The van der Waals surface area contributed by atoms with Crippen LogP contribution < -0.4 is 4.74 Å². The number of fused-ring (bicyclic) bond motifs is 1. The molecule has 6 aromatic rings. The van der Waals surface area contributed by atoms with Crippen LogP contribution >= 0.6 is 0 Å². The van der Waals surface area contributed by atoms with Crippen molar-refractivity contribution in [2.24, 2.45) is 0 Å². The molecule has 0 aliphatic rings. The molecule has 0 unspecified atom stereocenters. The highest BCUT2D eigenvalue weighted by Crippen LogP contribution is 2.47. The first-order valence-electron chi connectivity index (χ1n) is 14.3. The lowest BCUT2D eigenvalue weighted by atomic mass is 9.97. The largest absolute Gasteiger partial charge is 0.488 e. The van der Waals surface area contributed by atoms with E-state index < -0.39 is 30.0 Å². The van der Waals surface area contributed by atoms with Crippen LogP contribution in [-0.2, 0) is 23.9 Å². The van der Waals surface area contributed by atoms with E-state index in [9.17, 15) is 14.3 Å². The molecule has 0 saturated heterocycles. The number of carbonyl (C=O) groups is 1. The van der Waals surface area contributed by atoms with E-state index in [1.165, 1.54) is 28.8 Å². The Kier molecular flexibility index (Phi) is 8.40. The molecule has 0 radical (unpaired) electrons. The first-order chi connectivity index (χ1) is 21.9. The standard InChI is InChI=1S/C37H28F3NO4/c38-29-18-20-30(21-19-29)41-31-12-7-13-32(44-22-25-8-3-1-4-9-25)34(31)33(35(41)37(39,40)24-42)27-16-14-26(15-17-27)23-45-36(43)28-10-5-2-6-11-28/h1-21,42H,22-24H2. The van der Waals surface area contributed by atoms with Crippen molar-refractivity contribution in [2.45, 2.75) is 19.1 Å². The van der Waals surface area contributed by atoms with E-state index in [2.05, 4.69) is 0 Å². The maximum absolute atomic E-state index is 15.9. The van der Waals surface area contributed by atoms with Gasteiger partial charge in [-0.3, -0.25) is 0 Å². The van der Waals surface area contributed by atoms with E-state index in [0.29, 0.717) is 39.0 Å². The zero-order chi connectivity index (χ0) is 31.4. The van der Waals surface area contributed by atoms with Crippen molar-refractivity contribution in [3.05, 3.63) is 156 Å². The Balaban J connectivity index is 1.48. The molecule has 0 spiro atoms. The van der Waals surface area contributed by atoms with E-state index in [4.69, 9.17) is 9.47 Å². The van der Waals surface area contributed by atoms with Crippen LogP contribution in [0.4, 0.5) is 13.2 Å². The summed E-state index contributed by atoms with van der Waals surface area (Å²) in [5.74, 6) is -4.32. The zero-order valence-electron chi connectivity index (χ0n) is 24.0. The fourth-order valence-corrected chi connectivity index (χ4v) is 5.30. The van der Waals surface area contributed by atoms with E-state index in [1.54, 1.807) is 72.8 Å². The quantitative estimate of drug-likeness (QED) is 0.159. The van der Waals surface area contributed by atoms with Gasteiger partial charge in [0.1, 0.15) is 37.1 Å². The van der Waals surface area contributed by atoms with E-state index >= 15 is 8.78 Å². The average molecular weight is 608 g/mol. The summed E-state index contributed by atoms with van der Waals surface area (Å²) < 4.78 is 58.7. The van der Waals surface area contributed by atoms with E-state index in [-0.39, 0.29) is 18.8 Å². The summed E-state index contributed by atoms with van der Waals surface area (Å²) in [4.78, 5) is 12.4. The van der Waals surface area contributed by atoms with Gasteiger partial charge in [0.2, 0.25) is 0 Å². The molecule has 0 aliphatic heterocycles. The molecule has 5 aromatic carbocycles. The summed E-state index contributed by atoms with van der Waals surface area (Å²) in [6.45, 7) is -1.28. The SMILES string of the molecule is O=C(OCc1ccc(-c2c(C(F)(F)CO)n(-c3ccc(F)cc3)c3cccc(OCc4ccccc4)c23)cc1)c1ccccc1. The lowest BCUT2D eigenvalue weighted by Gasteiger charge is -2.20. The smallest absolute Gasteiger partial charge is 0.338 e. The van der Waals surface area contributed by atoms with Crippen molar-refractivity contribution in [3.63, 3.8) is 0 Å². The molecule has 8 heteroatoms. The summed E-state index contributed by atoms with van der Waals surface area (Å²) in [5, 5.41) is 10.3. The van der Waals surface area contributed by atoms with Crippen molar-refractivity contribution < 1.29 is 32.5 Å². The summed E-state index contributed by atoms with van der Waals surface area (Å²) >= 11 is 0. The minimum Gasteiger partial charge on any atom is -0.488 e. The van der Waals surface area contributed by atoms with Crippen LogP contribution in [0.25, 0.3) is 27.7 Å². The summed E-state index contributed by atoms with van der Waals surface area (Å²) in [7, 11) is 0. The third kappa shape index (κ3) is 6.18. The molecule has 1 aromatic heterocycles. The molecule has 0 atom stereocenters. The van der Waals surface area contributed by atoms with Crippen molar-refractivity contribution in [2.75, 3.05) is 6.61 Å². The molecular formula is C37H28F3NO4. The molecule has 0 saturated carbocycles. The van der Waals surface area contributed by atoms with Gasteiger partial charge in [-0.15, -0.1) is 0 Å². The van der Waals surface area contributed by atoms with Crippen LogP contribution in [0.2, 0.25) is 0 Å². The minimum absolute atomic E-state index is 0.0174. The van der Waals surface area contributed by atoms with E-state index in [0.717, 1.165) is 5.56 Å². The number of carbonyl (C=O) groups excluding carboxylic acids is 1. The number of esters is 1. The number of hydrogen-bond acceptors (Lipinski definition) is 4. The molecule has 0 aliphatic carbocycles. The molecule has 226 valence electrons. The van der Waals surface area contributed by atoms with Gasteiger partial charge in [-0.2, -0.15) is 8.78 Å². The van der Waals surface area contributed by atoms with Crippen LogP contribution in [0.1, 0.15) is 27.2 Å². The third-order valence-electron chi connectivity index (χ3n) is 7.44. The summed E-state index contributed by atoms with van der Waals surface area (Å²) in [6.07, 6.45) is 0. The van der Waals surface area contributed by atoms with Gasteiger partial charge in [0.05, 0.1) is 16.5 Å². The number of aliphatic hydroxyl groups is 1. The van der Waals surface area contributed by atoms with Gasteiger partial charge >= 0.3 is 11.9 Å². The third-order valence-corrected chi connectivity index (χ3v) is 7.44. The Morgan fingerprint density at radius 1 is 0.733 bits per heavy atom. The highest BCUT2D eigenvalue weighted by atomic mass is 19.3. The van der Waals surface area contributed by atoms with Crippen molar-refractivity contribution in [3.8, 4) is 22.6 Å². The number of benzene rings is 5. The Morgan fingerprint density at radius 2 is 1.38 bits per heavy atom. The lowest BCUT2D eigenvalue weighted by molar-refractivity contribution is -0.0597. The normalized spacial score (nSPS) is 11.5. The van der Waals surface area contributed by atoms with Crippen molar-refractivity contribution >= 4 is 16.9 Å². The molecule has 6 rings (SSSR count). The molecule has 1 heterocycles. The number of alkyl halides is 2. The first kappa shape index (κ1) is 29.7. The van der Waals surface area contributed by atoms with Gasteiger partial charge in [-0.1, -0.05) is 78.9 Å². The fourth-order valence-electron chi connectivity index (χ4n) is 5.30. The number of nitrogens with zero attached hydrogens (tertiary/aromatic N) is 1. The monoisotopic (exact) mass is 607 g/mol. The lowest BCUT2D eigenvalue weighted by Crippen LogP contribution is -2.23. The van der Waals surface area contributed by atoms with Gasteiger partial charge in [0.25, 0.3) is 0 Å². The predicted molar refractivity (Wildman–Crippen MR) is 166 cm³/mol. The molecule has 0 bridgehead atoms. The maximum Gasteiger partial charge on any atom is 0.338 e. The van der Waals surface area contributed by atoms with Crippen LogP contribution in [-0.4, -0.2) is 22.2 Å². The van der Waals surface area contributed by atoms with Crippen molar-refractivity contribution in [1.82, 2.24) is 4.57 Å². The van der Waals surface area contributed by atoms with Crippen LogP contribution in [0.15, 0.2) is 127 Å². The second kappa shape index (κ2) is 12.7. The first-order valence-corrected chi connectivity index (χ1v) is 14.3. The number of hydrogen-bond donors (Lipinski definition) is 1. The summed E-state index contributed by atoms with van der Waals surface area (Å²) in [6, 6.07) is 35.1. The molecular weight excluding hydrogens is 579 g/mol. The summed E-state index contributed by atoms with van der Waals surface area (Å²) in [5.41, 5.74) is 2.77. The fraction of sp³-hybridized carbons (Fsp3) is 0.108. The Hall–Kier alpha value is -5.34. The van der Waals surface area contributed by atoms with Gasteiger partial charge < -0.3 is 19.1 Å². The number of ether oxygens (including phenoxy) is 2. The van der Waals surface area contributed by atoms with Crippen LogP contribution in [0, 0.1) is 5.82 Å². The van der Waals surface area contributed by atoms with Gasteiger partial charge in [0.15, 0.2) is 0 Å². The maximum atomic E-state index is 15.9. The zero-order valence-corrected chi connectivity index (χ0v) is 24.0. The molecule has 0 fully saturated rings. The predicted octanol–water partition coefficient (Wildman–Crippen LogP) is 8.46. The molecule has 45 heavy (non-hydrogen) atoms. The van der Waals surface area contributed by atoms with Gasteiger partial charge in [-0.05, 0) is 65.2 Å². The van der Waals surface area contributed by atoms with Crippen LogP contribution in [0.5, 0.6) is 5.75 Å². The Labute approximate surface area is 257 Å². The molecule has 1 N–H and O–H groups in total. The second-order valence-electron chi connectivity index (χ2n) is 10.5. The number of aromatic nitrogens is 1. The Morgan fingerprint density at radius 3 is 2.04 bits per heavy atom. The second-order valence-corrected chi connectivity index (χ2v) is 10.5. The highest BCUT2D eigenvalue weighted by Gasteiger charge is 2.40.